The summed E-state index contributed by atoms with van der Waals surface area (Å²) in [6.07, 6.45) is 0.620. The molecule has 19 heavy (non-hydrogen) atoms. The zero-order valence-corrected chi connectivity index (χ0v) is 10.4. The van der Waals surface area contributed by atoms with Crippen molar-refractivity contribution in [1.82, 2.24) is 10.2 Å². The lowest BCUT2D eigenvalue weighted by molar-refractivity contribution is -0.128. The summed E-state index contributed by atoms with van der Waals surface area (Å²) in [4.78, 5) is 13.2. The first-order valence-electron chi connectivity index (χ1n) is 5.89. The molecule has 2 rings (SSSR count). The smallest absolute Gasteiger partial charge is 0.239 e. The van der Waals surface area contributed by atoms with E-state index in [1.165, 1.54) is 0 Å². The number of nitrogens with one attached hydrogen (secondary N) is 1. The van der Waals surface area contributed by atoms with Crippen molar-refractivity contribution in [2.75, 3.05) is 13.6 Å². The Labute approximate surface area is 109 Å². The lowest BCUT2D eigenvalue weighted by Gasteiger charge is -2.13. The maximum absolute atomic E-state index is 13.6. The van der Waals surface area contributed by atoms with Crippen molar-refractivity contribution in [2.45, 2.75) is 19.0 Å². The fraction of sp³-hybridized carbons (Fsp3) is 0.385. The zero-order valence-electron chi connectivity index (χ0n) is 10.4. The van der Waals surface area contributed by atoms with E-state index in [4.69, 9.17) is 5.26 Å². The Morgan fingerprint density at radius 2 is 2.11 bits per heavy atom. The van der Waals surface area contributed by atoms with Gasteiger partial charge in [0.05, 0.1) is 17.7 Å². The topological polar surface area (TPSA) is 56.1 Å². The van der Waals surface area contributed by atoms with Crippen molar-refractivity contribution >= 4 is 5.91 Å². The van der Waals surface area contributed by atoms with Crippen LogP contribution in [-0.4, -0.2) is 30.4 Å². The molecule has 6 heteroatoms. The van der Waals surface area contributed by atoms with Crippen LogP contribution in [0.15, 0.2) is 12.1 Å². The third-order valence-electron chi connectivity index (χ3n) is 3.22. The molecule has 0 spiro atoms. The van der Waals surface area contributed by atoms with Crippen LogP contribution in [0.1, 0.15) is 17.5 Å². The quantitative estimate of drug-likeness (QED) is 0.892. The number of benzene rings is 1. The molecule has 1 atom stereocenters. The minimum Gasteiger partial charge on any atom is -0.344 e. The number of amides is 1. The van der Waals surface area contributed by atoms with E-state index in [0.29, 0.717) is 13.0 Å². The Balaban J connectivity index is 2.08. The molecule has 1 aromatic carbocycles. The summed E-state index contributed by atoms with van der Waals surface area (Å²) in [6.45, 7) is 0.558. The summed E-state index contributed by atoms with van der Waals surface area (Å²) in [6, 6.07) is 3.26. The summed E-state index contributed by atoms with van der Waals surface area (Å²) in [7, 11) is 1.69. The molecule has 1 aliphatic heterocycles. The SMILES string of the molecule is CN1CCC(NCc2c(F)cc(C#N)cc2F)C1=O. The normalized spacial score (nSPS) is 18.7. The largest absolute Gasteiger partial charge is 0.344 e. The number of hydrogen-bond acceptors (Lipinski definition) is 3. The molecule has 1 aromatic rings. The molecule has 0 aromatic heterocycles. The van der Waals surface area contributed by atoms with Crippen LogP contribution < -0.4 is 5.32 Å². The summed E-state index contributed by atoms with van der Waals surface area (Å²) in [5.74, 6) is -1.62. The Kier molecular flexibility index (Phi) is 3.76. The minimum atomic E-state index is -0.775. The van der Waals surface area contributed by atoms with Gasteiger partial charge in [-0.15, -0.1) is 0 Å². The molecule has 1 unspecified atom stereocenters. The molecule has 100 valence electrons. The van der Waals surface area contributed by atoms with Crippen molar-refractivity contribution in [3.8, 4) is 6.07 Å². The molecular weight excluding hydrogens is 252 g/mol. The summed E-state index contributed by atoms with van der Waals surface area (Å²) < 4.78 is 27.2. The maximum Gasteiger partial charge on any atom is 0.239 e. The molecule has 1 aliphatic rings. The summed E-state index contributed by atoms with van der Waals surface area (Å²) in [5.41, 5.74) is -0.211. The lowest BCUT2D eigenvalue weighted by Crippen LogP contribution is -2.36. The van der Waals surface area contributed by atoms with E-state index in [2.05, 4.69) is 5.32 Å². The number of nitrogens with zero attached hydrogens (tertiary/aromatic N) is 2. The second-order valence-electron chi connectivity index (χ2n) is 4.51. The van der Waals surface area contributed by atoms with Crippen molar-refractivity contribution in [3.05, 3.63) is 34.9 Å². The number of carbonyl (C=O) groups excluding carboxylic acids is 1. The van der Waals surface area contributed by atoms with Gasteiger partial charge in [-0.05, 0) is 18.6 Å². The van der Waals surface area contributed by atoms with Crippen LogP contribution in [0.25, 0.3) is 0 Å². The van der Waals surface area contributed by atoms with Gasteiger partial charge >= 0.3 is 0 Å². The van der Waals surface area contributed by atoms with E-state index < -0.39 is 17.7 Å². The minimum absolute atomic E-state index is 0.0598. The van der Waals surface area contributed by atoms with E-state index in [0.717, 1.165) is 12.1 Å². The predicted octanol–water partition coefficient (Wildman–Crippen LogP) is 1.16. The van der Waals surface area contributed by atoms with Gasteiger partial charge in [-0.2, -0.15) is 5.26 Å². The molecule has 1 heterocycles. The van der Waals surface area contributed by atoms with Gasteiger partial charge in [-0.1, -0.05) is 0 Å². The third-order valence-corrected chi connectivity index (χ3v) is 3.22. The maximum atomic E-state index is 13.6. The van der Waals surface area contributed by atoms with Crippen molar-refractivity contribution in [1.29, 1.82) is 5.26 Å². The van der Waals surface area contributed by atoms with Crippen LogP contribution in [-0.2, 0) is 11.3 Å². The van der Waals surface area contributed by atoms with Gasteiger partial charge in [-0.25, -0.2) is 8.78 Å². The highest BCUT2D eigenvalue weighted by atomic mass is 19.1. The Morgan fingerprint density at radius 1 is 1.47 bits per heavy atom. The predicted molar refractivity (Wildman–Crippen MR) is 64.0 cm³/mol. The van der Waals surface area contributed by atoms with Crippen LogP contribution in [0.5, 0.6) is 0 Å². The average Bonchev–Trinajstić information content (AvgIpc) is 2.69. The zero-order chi connectivity index (χ0) is 14.0. The number of likely N-dealkylation sites (tertiary alicyclic amines) is 1. The molecule has 1 amide bonds. The second-order valence-corrected chi connectivity index (χ2v) is 4.51. The highest BCUT2D eigenvalue weighted by molar-refractivity contribution is 5.83. The number of nitriles is 1. The van der Waals surface area contributed by atoms with Gasteiger partial charge in [-0.3, -0.25) is 4.79 Å². The van der Waals surface area contributed by atoms with Crippen LogP contribution in [0.3, 0.4) is 0 Å². The van der Waals surface area contributed by atoms with Crippen LogP contribution in [0, 0.1) is 23.0 Å². The fourth-order valence-electron chi connectivity index (χ4n) is 2.07. The number of rotatable bonds is 3. The Morgan fingerprint density at radius 3 is 2.58 bits per heavy atom. The van der Waals surface area contributed by atoms with Gasteiger partial charge in [0.25, 0.3) is 0 Å². The summed E-state index contributed by atoms with van der Waals surface area (Å²) >= 11 is 0. The van der Waals surface area contributed by atoms with Crippen molar-refractivity contribution in [3.63, 3.8) is 0 Å². The van der Waals surface area contributed by atoms with Gasteiger partial charge in [0.1, 0.15) is 11.6 Å². The van der Waals surface area contributed by atoms with Crippen LogP contribution in [0.4, 0.5) is 8.78 Å². The first-order chi connectivity index (χ1) is 9.02. The van der Waals surface area contributed by atoms with Crippen LogP contribution in [0.2, 0.25) is 0 Å². The highest BCUT2D eigenvalue weighted by Crippen LogP contribution is 2.16. The fourth-order valence-corrected chi connectivity index (χ4v) is 2.07. The van der Waals surface area contributed by atoms with E-state index >= 15 is 0 Å². The number of hydrogen-bond donors (Lipinski definition) is 1. The van der Waals surface area contributed by atoms with Crippen molar-refractivity contribution < 1.29 is 13.6 Å². The molecule has 0 saturated carbocycles. The number of likely N-dealkylation sites (N-methyl/N-ethyl adjacent to an activating group) is 1. The van der Waals surface area contributed by atoms with E-state index in [9.17, 15) is 13.6 Å². The molecule has 1 N–H and O–H groups in total. The molecule has 0 radical (unpaired) electrons. The highest BCUT2D eigenvalue weighted by Gasteiger charge is 2.28. The average molecular weight is 265 g/mol. The first kappa shape index (κ1) is 13.4. The first-order valence-corrected chi connectivity index (χ1v) is 5.89. The summed E-state index contributed by atoms with van der Waals surface area (Å²) in [5, 5.41) is 11.4. The molecule has 1 fully saturated rings. The molecule has 4 nitrogen and oxygen atoms in total. The number of carbonyl (C=O) groups is 1. The molecule has 0 bridgehead atoms. The Hall–Kier alpha value is -2.00. The van der Waals surface area contributed by atoms with Gasteiger partial charge < -0.3 is 10.2 Å². The molecule has 1 saturated heterocycles. The molecule has 0 aliphatic carbocycles. The monoisotopic (exact) mass is 265 g/mol. The van der Waals surface area contributed by atoms with Gasteiger partial charge in [0.15, 0.2) is 0 Å². The number of halogens is 2. The molecular formula is C13H13F2N3O. The van der Waals surface area contributed by atoms with Gasteiger partial charge in [0, 0.05) is 25.7 Å². The lowest BCUT2D eigenvalue weighted by atomic mass is 10.1. The van der Waals surface area contributed by atoms with E-state index in [1.807, 2.05) is 0 Å². The van der Waals surface area contributed by atoms with E-state index in [1.54, 1.807) is 18.0 Å². The second kappa shape index (κ2) is 5.33. The van der Waals surface area contributed by atoms with Crippen molar-refractivity contribution in [2.24, 2.45) is 0 Å². The Bertz CT molecular complexity index is 530. The van der Waals surface area contributed by atoms with Gasteiger partial charge in [0.2, 0.25) is 5.91 Å². The standard InChI is InChI=1S/C13H13F2N3O/c1-18-3-2-12(13(18)19)17-7-9-10(14)4-8(6-16)5-11(9)15/h4-5,12,17H,2-3,7H2,1H3. The van der Waals surface area contributed by atoms with E-state index in [-0.39, 0.29) is 23.6 Å². The van der Waals surface area contributed by atoms with Crippen LogP contribution >= 0.6 is 0 Å². The third kappa shape index (κ3) is 2.71.